The van der Waals surface area contributed by atoms with Crippen LogP contribution in [0.15, 0.2) is 24.3 Å². The molecule has 0 saturated heterocycles. The summed E-state index contributed by atoms with van der Waals surface area (Å²) in [5.74, 6) is -0.0367. The first kappa shape index (κ1) is 65.3. The number of hydrogen-bond acceptors (Lipinski definition) is 5. The highest BCUT2D eigenvalue weighted by molar-refractivity contribution is 5.76. The topological polar surface area (TPSA) is 95.9 Å². The van der Waals surface area contributed by atoms with Gasteiger partial charge >= 0.3 is 5.97 Å². The molecule has 396 valence electrons. The molecule has 6 nitrogen and oxygen atoms in total. The van der Waals surface area contributed by atoms with E-state index in [9.17, 15) is 19.8 Å². The van der Waals surface area contributed by atoms with Gasteiger partial charge in [-0.15, -0.1) is 0 Å². The zero-order chi connectivity index (χ0) is 48.6. The van der Waals surface area contributed by atoms with Crippen LogP contribution in [0.3, 0.4) is 0 Å². The van der Waals surface area contributed by atoms with Crippen LogP contribution >= 0.6 is 0 Å². The van der Waals surface area contributed by atoms with E-state index < -0.39 is 12.1 Å². The molecule has 0 aromatic rings. The number of allylic oxidation sites excluding steroid dienone is 4. The molecular weight excluding hydrogens is 827 g/mol. The summed E-state index contributed by atoms with van der Waals surface area (Å²) in [6.07, 6.45) is 68.9. The van der Waals surface area contributed by atoms with Gasteiger partial charge in [-0.05, 0) is 51.4 Å². The Morgan fingerprint density at radius 3 is 1.18 bits per heavy atom. The highest BCUT2D eigenvalue weighted by Gasteiger charge is 2.20. The summed E-state index contributed by atoms with van der Waals surface area (Å²) in [4.78, 5) is 24.5. The third-order valence-corrected chi connectivity index (χ3v) is 14.0. The van der Waals surface area contributed by atoms with Gasteiger partial charge in [0.25, 0.3) is 0 Å². The predicted molar refractivity (Wildman–Crippen MR) is 292 cm³/mol. The summed E-state index contributed by atoms with van der Waals surface area (Å²) in [6, 6.07) is -0.542. The van der Waals surface area contributed by atoms with Gasteiger partial charge in [-0.25, -0.2) is 0 Å². The van der Waals surface area contributed by atoms with Gasteiger partial charge in [0.15, 0.2) is 0 Å². The molecule has 0 aliphatic heterocycles. The Morgan fingerprint density at radius 1 is 0.418 bits per heavy atom. The first-order valence-corrected chi connectivity index (χ1v) is 30.1. The van der Waals surface area contributed by atoms with Crippen LogP contribution in [0.25, 0.3) is 0 Å². The standard InChI is InChI=1S/C61H117NO5/c1-3-5-7-9-11-13-15-17-26-29-33-37-41-45-49-53-59(64)58(57-63)62-60(65)54-50-46-42-38-34-30-27-24-22-20-19-21-23-25-28-32-36-40-44-48-52-56-67-61(66)55-51-47-43-39-35-31-18-16-14-12-10-8-6-4-2/h10,12,16,18,58-59,63-64H,3-9,11,13-15,17,19-57H2,1-2H3,(H,62,65)/b12-10-,18-16-. The normalized spacial score (nSPS) is 12.7. The number of unbranched alkanes of at least 4 members (excludes halogenated alkanes) is 41. The summed E-state index contributed by atoms with van der Waals surface area (Å²) in [6.45, 7) is 4.92. The number of nitrogens with one attached hydrogen (secondary N) is 1. The molecule has 0 saturated carbocycles. The van der Waals surface area contributed by atoms with Gasteiger partial charge < -0.3 is 20.3 Å². The van der Waals surface area contributed by atoms with Gasteiger partial charge in [0, 0.05) is 12.8 Å². The molecule has 0 aliphatic rings. The molecule has 0 rings (SSSR count). The number of amides is 1. The van der Waals surface area contributed by atoms with Crippen LogP contribution in [0.1, 0.15) is 328 Å². The highest BCUT2D eigenvalue weighted by Crippen LogP contribution is 2.18. The predicted octanol–water partition coefficient (Wildman–Crippen LogP) is 18.6. The Hall–Kier alpha value is -1.66. The molecule has 67 heavy (non-hydrogen) atoms. The molecule has 0 aliphatic carbocycles. The van der Waals surface area contributed by atoms with Gasteiger partial charge in [0.2, 0.25) is 5.91 Å². The van der Waals surface area contributed by atoms with Gasteiger partial charge in [0.05, 0.1) is 25.4 Å². The second kappa shape index (κ2) is 56.9. The largest absolute Gasteiger partial charge is 0.466 e. The number of aliphatic hydroxyl groups excluding tert-OH is 2. The van der Waals surface area contributed by atoms with Gasteiger partial charge in [-0.1, -0.05) is 289 Å². The average molecular weight is 945 g/mol. The molecule has 6 heteroatoms. The van der Waals surface area contributed by atoms with Crippen molar-refractivity contribution < 1.29 is 24.5 Å². The average Bonchev–Trinajstić information content (AvgIpc) is 3.33. The van der Waals surface area contributed by atoms with Crippen molar-refractivity contribution in [3.63, 3.8) is 0 Å². The SMILES string of the molecule is CCCC/C=C\C/C=C\CCCCCCCC(=O)OCCCCCCCCCCCCCCCCCCCCCCCC(=O)NC(CO)C(O)CCCCCCCCCCCCCCCCC. The van der Waals surface area contributed by atoms with Crippen molar-refractivity contribution >= 4 is 11.9 Å². The molecule has 1 amide bonds. The monoisotopic (exact) mass is 944 g/mol. The molecule has 0 bridgehead atoms. The van der Waals surface area contributed by atoms with Gasteiger partial charge in [-0.2, -0.15) is 0 Å². The van der Waals surface area contributed by atoms with Crippen LogP contribution in [0.4, 0.5) is 0 Å². The fourth-order valence-electron chi connectivity index (χ4n) is 9.36. The van der Waals surface area contributed by atoms with Crippen molar-refractivity contribution in [2.75, 3.05) is 13.2 Å². The molecular formula is C61H117NO5. The molecule has 0 aromatic heterocycles. The number of esters is 1. The molecule has 0 heterocycles. The minimum Gasteiger partial charge on any atom is -0.466 e. The summed E-state index contributed by atoms with van der Waals surface area (Å²) < 4.78 is 5.47. The Kier molecular flexibility index (Phi) is 55.5. The first-order chi connectivity index (χ1) is 33.0. The van der Waals surface area contributed by atoms with Crippen LogP contribution in [0.2, 0.25) is 0 Å². The van der Waals surface area contributed by atoms with E-state index in [2.05, 4.69) is 43.5 Å². The van der Waals surface area contributed by atoms with E-state index >= 15 is 0 Å². The van der Waals surface area contributed by atoms with Crippen molar-refractivity contribution in [2.24, 2.45) is 0 Å². The summed E-state index contributed by atoms with van der Waals surface area (Å²) in [5.41, 5.74) is 0. The quantitative estimate of drug-likeness (QED) is 0.0321. The van der Waals surface area contributed by atoms with Crippen molar-refractivity contribution in [2.45, 2.75) is 341 Å². The minimum atomic E-state index is -0.665. The van der Waals surface area contributed by atoms with Crippen LogP contribution in [-0.4, -0.2) is 47.4 Å². The van der Waals surface area contributed by atoms with E-state index in [4.69, 9.17) is 4.74 Å². The minimum absolute atomic E-state index is 0.00232. The zero-order valence-electron chi connectivity index (χ0n) is 45.1. The third kappa shape index (κ3) is 53.5. The van der Waals surface area contributed by atoms with Crippen molar-refractivity contribution in [1.29, 1.82) is 0 Å². The smallest absolute Gasteiger partial charge is 0.305 e. The zero-order valence-corrected chi connectivity index (χ0v) is 45.1. The molecule has 0 radical (unpaired) electrons. The summed E-state index contributed by atoms with van der Waals surface area (Å²) in [5, 5.41) is 23.3. The van der Waals surface area contributed by atoms with E-state index in [1.54, 1.807) is 0 Å². The lowest BCUT2D eigenvalue weighted by atomic mass is 10.0. The van der Waals surface area contributed by atoms with Crippen LogP contribution in [-0.2, 0) is 14.3 Å². The Bertz CT molecular complexity index is 1040. The van der Waals surface area contributed by atoms with E-state index in [0.29, 0.717) is 25.9 Å². The Balaban J connectivity index is 3.39. The summed E-state index contributed by atoms with van der Waals surface area (Å²) in [7, 11) is 0. The van der Waals surface area contributed by atoms with E-state index in [-0.39, 0.29) is 18.5 Å². The Labute approximate surface area is 418 Å². The van der Waals surface area contributed by atoms with Crippen molar-refractivity contribution in [1.82, 2.24) is 5.32 Å². The molecule has 2 atom stereocenters. The number of ether oxygens (including phenoxy) is 1. The second-order valence-electron chi connectivity index (χ2n) is 20.7. The maximum Gasteiger partial charge on any atom is 0.305 e. The third-order valence-electron chi connectivity index (χ3n) is 14.0. The number of aliphatic hydroxyl groups is 2. The van der Waals surface area contributed by atoms with Gasteiger partial charge in [-0.3, -0.25) is 9.59 Å². The maximum atomic E-state index is 12.5. The molecule has 2 unspecified atom stereocenters. The van der Waals surface area contributed by atoms with E-state index in [1.165, 1.54) is 244 Å². The lowest BCUT2D eigenvalue weighted by molar-refractivity contribution is -0.143. The lowest BCUT2D eigenvalue weighted by Gasteiger charge is -2.22. The van der Waals surface area contributed by atoms with Crippen LogP contribution in [0.5, 0.6) is 0 Å². The molecule has 0 aromatic carbocycles. The number of hydrogen-bond donors (Lipinski definition) is 3. The lowest BCUT2D eigenvalue weighted by Crippen LogP contribution is -2.45. The molecule has 0 fully saturated rings. The van der Waals surface area contributed by atoms with Crippen LogP contribution < -0.4 is 5.32 Å². The Morgan fingerprint density at radius 2 is 0.761 bits per heavy atom. The van der Waals surface area contributed by atoms with Crippen molar-refractivity contribution in [3.05, 3.63) is 24.3 Å². The second-order valence-corrected chi connectivity index (χ2v) is 20.7. The van der Waals surface area contributed by atoms with Crippen LogP contribution in [0, 0.1) is 0 Å². The molecule has 0 spiro atoms. The summed E-state index contributed by atoms with van der Waals surface area (Å²) >= 11 is 0. The first-order valence-electron chi connectivity index (χ1n) is 30.1. The molecule has 3 N–H and O–H groups in total. The van der Waals surface area contributed by atoms with E-state index in [1.807, 2.05) is 0 Å². The van der Waals surface area contributed by atoms with Gasteiger partial charge in [0.1, 0.15) is 0 Å². The fraction of sp³-hybridized carbons (Fsp3) is 0.902. The highest BCUT2D eigenvalue weighted by atomic mass is 16.5. The maximum absolute atomic E-state index is 12.5. The van der Waals surface area contributed by atoms with Crippen molar-refractivity contribution in [3.8, 4) is 0 Å². The fourth-order valence-corrected chi connectivity index (χ4v) is 9.36. The number of carbonyl (C=O) groups is 2. The number of carbonyl (C=O) groups excluding carboxylic acids is 2. The number of rotatable bonds is 56. The van der Waals surface area contributed by atoms with E-state index in [0.717, 1.165) is 51.4 Å².